The highest BCUT2D eigenvalue weighted by molar-refractivity contribution is 5.33. The van der Waals surface area contributed by atoms with Crippen LogP contribution in [-0.2, 0) is 0 Å². The van der Waals surface area contributed by atoms with Gasteiger partial charge in [-0.15, -0.1) is 0 Å². The van der Waals surface area contributed by atoms with Gasteiger partial charge in [0, 0.05) is 0 Å². The fourth-order valence-corrected chi connectivity index (χ4v) is 2.10. The van der Waals surface area contributed by atoms with Crippen molar-refractivity contribution in [3.63, 3.8) is 0 Å². The van der Waals surface area contributed by atoms with Gasteiger partial charge in [0.1, 0.15) is 0 Å². The lowest BCUT2D eigenvalue weighted by atomic mass is 9.89. The molecule has 0 aliphatic rings. The van der Waals surface area contributed by atoms with Crippen LogP contribution in [0.25, 0.3) is 0 Å². The molecular formula is C12H14F6N2. The van der Waals surface area contributed by atoms with Crippen LogP contribution >= 0.6 is 0 Å². The summed E-state index contributed by atoms with van der Waals surface area (Å²) in [5, 5.41) is 0. The van der Waals surface area contributed by atoms with Gasteiger partial charge in [-0.05, 0) is 25.0 Å². The summed E-state index contributed by atoms with van der Waals surface area (Å²) >= 11 is 0. The van der Waals surface area contributed by atoms with Crippen molar-refractivity contribution < 1.29 is 26.3 Å². The number of rotatable bonds is 3. The van der Waals surface area contributed by atoms with E-state index >= 15 is 0 Å². The average molecular weight is 300 g/mol. The summed E-state index contributed by atoms with van der Waals surface area (Å²) in [6, 6.07) is 2.08. The predicted octanol–water partition coefficient (Wildman–Crippen LogP) is 3.55. The molecule has 0 aliphatic heterocycles. The molecule has 1 aromatic rings. The largest absolute Gasteiger partial charge is 0.402 e. The first-order valence-electron chi connectivity index (χ1n) is 5.65. The molecule has 114 valence electrons. The van der Waals surface area contributed by atoms with Crippen LogP contribution in [0.15, 0.2) is 18.2 Å². The van der Waals surface area contributed by atoms with Gasteiger partial charge in [-0.25, -0.2) is 0 Å². The van der Waals surface area contributed by atoms with E-state index < -0.39 is 24.3 Å². The van der Waals surface area contributed by atoms with Crippen LogP contribution in [0.2, 0.25) is 0 Å². The molecule has 8 heteroatoms. The minimum Gasteiger partial charge on any atom is -0.271 e. The number of aryl methyl sites for hydroxylation is 2. The van der Waals surface area contributed by atoms with Crippen LogP contribution in [0.5, 0.6) is 0 Å². The van der Waals surface area contributed by atoms with E-state index in [0.717, 1.165) is 5.56 Å². The molecule has 1 atom stereocenters. The second kappa shape index (κ2) is 5.61. The van der Waals surface area contributed by atoms with Crippen LogP contribution in [0, 0.1) is 19.8 Å². The molecule has 0 fully saturated rings. The zero-order chi connectivity index (χ0) is 15.7. The molecule has 0 radical (unpaired) electrons. The van der Waals surface area contributed by atoms with E-state index in [0.29, 0.717) is 5.56 Å². The van der Waals surface area contributed by atoms with Crippen molar-refractivity contribution in [3.05, 3.63) is 34.9 Å². The lowest BCUT2D eigenvalue weighted by Crippen LogP contribution is -2.48. The molecule has 0 amide bonds. The van der Waals surface area contributed by atoms with Crippen molar-refractivity contribution in [2.75, 3.05) is 0 Å². The summed E-state index contributed by atoms with van der Waals surface area (Å²) in [4.78, 5) is 0. The average Bonchev–Trinajstić information content (AvgIpc) is 2.22. The molecule has 0 spiro atoms. The molecule has 2 nitrogen and oxygen atoms in total. The Bertz CT molecular complexity index is 452. The van der Waals surface area contributed by atoms with Gasteiger partial charge in [-0.3, -0.25) is 11.3 Å². The number of hydrogen-bond acceptors (Lipinski definition) is 2. The molecule has 0 saturated heterocycles. The molecule has 1 unspecified atom stereocenters. The summed E-state index contributed by atoms with van der Waals surface area (Å²) in [6.45, 7) is 3.13. The summed E-state index contributed by atoms with van der Waals surface area (Å²) in [7, 11) is 0. The van der Waals surface area contributed by atoms with Crippen molar-refractivity contribution >= 4 is 0 Å². The zero-order valence-electron chi connectivity index (χ0n) is 10.7. The third kappa shape index (κ3) is 3.63. The molecule has 0 saturated carbocycles. The summed E-state index contributed by atoms with van der Waals surface area (Å²) in [6.07, 6.45) is -10.9. The maximum Gasteiger partial charge on any atom is 0.402 e. The van der Waals surface area contributed by atoms with Crippen LogP contribution in [-0.4, -0.2) is 12.4 Å². The second-order valence-corrected chi connectivity index (χ2v) is 4.57. The topological polar surface area (TPSA) is 38.0 Å². The molecular weight excluding hydrogens is 286 g/mol. The van der Waals surface area contributed by atoms with E-state index in [-0.39, 0.29) is 5.56 Å². The van der Waals surface area contributed by atoms with Crippen molar-refractivity contribution in [1.82, 2.24) is 5.43 Å². The monoisotopic (exact) mass is 300 g/mol. The van der Waals surface area contributed by atoms with E-state index in [9.17, 15) is 26.3 Å². The molecule has 0 aliphatic carbocycles. The highest BCUT2D eigenvalue weighted by atomic mass is 19.4. The Morgan fingerprint density at radius 1 is 1.00 bits per heavy atom. The minimum atomic E-state index is -5.45. The van der Waals surface area contributed by atoms with Crippen LogP contribution in [0.1, 0.15) is 22.7 Å². The summed E-state index contributed by atoms with van der Waals surface area (Å²) < 4.78 is 76.4. The van der Waals surface area contributed by atoms with E-state index in [1.807, 2.05) is 0 Å². The van der Waals surface area contributed by atoms with Crippen LogP contribution in [0.3, 0.4) is 0 Å². The van der Waals surface area contributed by atoms with Gasteiger partial charge in [0.25, 0.3) is 0 Å². The van der Waals surface area contributed by atoms with Crippen molar-refractivity contribution in [2.45, 2.75) is 32.2 Å². The molecule has 0 bridgehead atoms. The first-order valence-corrected chi connectivity index (χ1v) is 5.65. The highest BCUT2D eigenvalue weighted by Gasteiger charge is 2.60. The highest BCUT2D eigenvalue weighted by Crippen LogP contribution is 2.46. The lowest BCUT2D eigenvalue weighted by Gasteiger charge is -2.31. The third-order valence-corrected chi connectivity index (χ3v) is 2.98. The molecule has 0 aromatic heterocycles. The molecule has 3 N–H and O–H groups in total. The maximum atomic E-state index is 12.7. The van der Waals surface area contributed by atoms with Gasteiger partial charge in [-0.2, -0.15) is 26.3 Å². The molecule has 1 rings (SSSR count). The Morgan fingerprint density at radius 3 is 1.85 bits per heavy atom. The maximum absolute atomic E-state index is 12.7. The molecule has 20 heavy (non-hydrogen) atoms. The Balaban J connectivity index is 3.34. The third-order valence-electron chi connectivity index (χ3n) is 2.98. The Kier molecular flexibility index (Phi) is 4.70. The van der Waals surface area contributed by atoms with Crippen molar-refractivity contribution in [2.24, 2.45) is 11.8 Å². The van der Waals surface area contributed by atoms with Gasteiger partial charge in [0.15, 0.2) is 5.92 Å². The van der Waals surface area contributed by atoms with Gasteiger partial charge >= 0.3 is 12.4 Å². The Hall–Kier alpha value is -1.28. The normalized spacial score (nSPS) is 14.7. The number of benzene rings is 1. The number of alkyl halides is 6. The van der Waals surface area contributed by atoms with Gasteiger partial charge in [-0.1, -0.05) is 23.8 Å². The van der Waals surface area contributed by atoms with Crippen LogP contribution < -0.4 is 11.3 Å². The van der Waals surface area contributed by atoms with Gasteiger partial charge in [0.2, 0.25) is 0 Å². The van der Waals surface area contributed by atoms with E-state index in [2.05, 4.69) is 0 Å². The standard InChI is InChI=1S/C12H14F6N2/c1-6-3-4-8(7(2)5-6)9(20-19)10(11(13,14)15)12(16,17)18/h3-5,9-10,20H,19H2,1-2H3. The SMILES string of the molecule is Cc1ccc(C(NN)C(C(F)(F)F)C(F)(F)F)c(C)c1. The minimum absolute atomic E-state index is 0.127. The summed E-state index contributed by atoms with van der Waals surface area (Å²) in [5.74, 6) is 1.39. The molecule has 0 heterocycles. The molecule has 1 aromatic carbocycles. The van der Waals surface area contributed by atoms with Crippen LogP contribution in [0.4, 0.5) is 26.3 Å². The fraction of sp³-hybridized carbons (Fsp3) is 0.500. The van der Waals surface area contributed by atoms with Gasteiger partial charge < -0.3 is 0 Å². The smallest absolute Gasteiger partial charge is 0.271 e. The number of hydrazine groups is 1. The fourth-order valence-electron chi connectivity index (χ4n) is 2.10. The lowest BCUT2D eigenvalue weighted by molar-refractivity contribution is -0.292. The van der Waals surface area contributed by atoms with E-state index in [1.54, 1.807) is 12.3 Å². The van der Waals surface area contributed by atoms with Gasteiger partial charge in [0.05, 0.1) is 6.04 Å². The zero-order valence-corrected chi connectivity index (χ0v) is 10.7. The van der Waals surface area contributed by atoms with E-state index in [4.69, 9.17) is 5.84 Å². The number of nitrogens with two attached hydrogens (primary N) is 1. The van der Waals surface area contributed by atoms with E-state index in [1.165, 1.54) is 25.1 Å². The Labute approximate surface area is 111 Å². The Morgan fingerprint density at radius 2 is 1.50 bits per heavy atom. The first kappa shape index (κ1) is 16.8. The second-order valence-electron chi connectivity index (χ2n) is 4.57. The van der Waals surface area contributed by atoms with Crippen molar-refractivity contribution in [3.8, 4) is 0 Å². The summed E-state index contributed by atoms with van der Waals surface area (Å²) in [5.41, 5.74) is 2.57. The predicted molar refractivity (Wildman–Crippen MR) is 61.6 cm³/mol. The van der Waals surface area contributed by atoms with Crippen molar-refractivity contribution in [1.29, 1.82) is 0 Å². The number of nitrogens with one attached hydrogen (secondary N) is 1. The number of hydrogen-bond donors (Lipinski definition) is 2. The first-order chi connectivity index (χ1) is 8.98. The quantitative estimate of drug-likeness (QED) is 0.509. The number of halogens is 6.